The van der Waals surface area contributed by atoms with Gasteiger partial charge >= 0.3 is 24.2 Å². The number of carbonyl (C=O) groups is 4. The van der Waals surface area contributed by atoms with Crippen LogP contribution in [-0.2, 0) is 26.4 Å². The number of nitrogens with zero attached hydrogens (tertiary/aromatic N) is 6. The first-order chi connectivity index (χ1) is 25.4. The predicted octanol–water partition coefficient (Wildman–Crippen LogP) is 6.41. The normalized spacial score (nSPS) is 16.1. The van der Waals surface area contributed by atoms with E-state index >= 15 is 0 Å². The number of aromatic nitrogens is 2. The number of amides is 4. The Morgan fingerprint density at radius 3 is 2.28 bits per heavy atom. The van der Waals surface area contributed by atoms with Gasteiger partial charge in [0.05, 0.1) is 64.0 Å². The van der Waals surface area contributed by atoms with Crippen molar-refractivity contribution >= 4 is 70.0 Å². The number of urea groups is 1. The second kappa shape index (κ2) is 16.0. The second-order valence-electron chi connectivity index (χ2n) is 13.4. The van der Waals surface area contributed by atoms with E-state index in [4.69, 9.17) is 32.7 Å². The molecule has 1 saturated heterocycles. The minimum atomic E-state index is -5.29. The van der Waals surface area contributed by atoms with E-state index in [2.05, 4.69) is 20.6 Å². The fraction of sp³-hybridized carbons (Fsp3) is 0.457. The van der Waals surface area contributed by atoms with Crippen LogP contribution in [0.5, 0.6) is 0 Å². The van der Waals surface area contributed by atoms with E-state index in [0.29, 0.717) is 36.8 Å². The van der Waals surface area contributed by atoms with Crippen LogP contribution in [0.2, 0.25) is 10.0 Å². The highest BCUT2D eigenvalue weighted by Gasteiger charge is 2.48. The molecule has 2 aromatic carbocycles. The predicted molar refractivity (Wildman–Crippen MR) is 198 cm³/mol. The van der Waals surface area contributed by atoms with Gasteiger partial charge in [-0.3, -0.25) is 14.5 Å². The lowest BCUT2D eigenvalue weighted by molar-refractivity contribution is -0.171. The van der Waals surface area contributed by atoms with Crippen LogP contribution in [0.3, 0.4) is 0 Å². The summed E-state index contributed by atoms with van der Waals surface area (Å²) in [6, 6.07) is 7.23. The van der Waals surface area contributed by atoms with Crippen molar-refractivity contribution in [3.63, 3.8) is 0 Å². The lowest BCUT2D eigenvalue weighted by Gasteiger charge is -2.36. The first kappa shape index (κ1) is 40.6. The average molecular weight is 798 g/mol. The van der Waals surface area contributed by atoms with Crippen molar-refractivity contribution in [2.75, 3.05) is 74.0 Å². The van der Waals surface area contributed by atoms with Crippen LogP contribution in [0.25, 0.3) is 0 Å². The van der Waals surface area contributed by atoms with Gasteiger partial charge in [0.25, 0.3) is 5.91 Å². The molecule has 1 aromatic heterocycles. The SMILES string of the molecule is CCOC(=O)n1nc(NC(=O)c2ccc(N3CCN(C)CC3)cc2N(C(=O)C(F)(F)F)[C@@H](C)COC)c2c1C(C)(C)N(C(=O)Nc1c(Cl)cccc1Cl)C2. The maximum absolute atomic E-state index is 14.3. The van der Waals surface area contributed by atoms with E-state index in [-0.39, 0.29) is 63.8 Å². The number of anilines is 4. The summed E-state index contributed by atoms with van der Waals surface area (Å²) in [6.45, 7) is 8.31. The Kier molecular flexibility index (Phi) is 12.1. The van der Waals surface area contributed by atoms with Gasteiger partial charge in [-0.15, -0.1) is 5.10 Å². The van der Waals surface area contributed by atoms with Gasteiger partial charge in [0.2, 0.25) is 0 Å². The minimum Gasteiger partial charge on any atom is -0.448 e. The highest BCUT2D eigenvalue weighted by Crippen LogP contribution is 2.43. The third-order valence-corrected chi connectivity index (χ3v) is 9.96. The quantitative estimate of drug-likeness (QED) is 0.251. The lowest BCUT2D eigenvalue weighted by atomic mass is 10.0. The van der Waals surface area contributed by atoms with Gasteiger partial charge in [-0.1, -0.05) is 29.3 Å². The van der Waals surface area contributed by atoms with Crippen molar-refractivity contribution in [3.8, 4) is 0 Å². The maximum Gasteiger partial charge on any atom is 0.471 e. The Hall–Kier alpha value is -4.58. The Morgan fingerprint density at radius 2 is 1.69 bits per heavy atom. The van der Waals surface area contributed by atoms with Crippen LogP contribution in [-0.4, -0.2) is 109 Å². The summed E-state index contributed by atoms with van der Waals surface area (Å²) in [5.74, 6) is -3.28. The van der Waals surface area contributed by atoms with E-state index in [1.54, 1.807) is 45.0 Å². The van der Waals surface area contributed by atoms with E-state index in [0.717, 1.165) is 4.68 Å². The molecule has 19 heteroatoms. The summed E-state index contributed by atoms with van der Waals surface area (Å²) in [5, 5.41) is 10.1. The van der Waals surface area contributed by atoms with Gasteiger partial charge in [0, 0.05) is 44.5 Å². The maximum atomic E-state index is 14.3. The topological polar surface area (TPSA) is 142 Å². The summed E-state index contributed by atoms with van der Waals surface area (Å²) in [6.07, 6.45) is -6.19. The second-order valence-corrected chi connectivity index (χ2v) is 14.2. The number of carbonyl (C=O) groups excluding carboxylic acids is 4. The number of ether oxygens (including phenoxy) is 2. The van der Waals surface area contributed by atoms with Crippen LogP contribution in [0.4, 0.5) is 45.6 Å². The molecular formula is C35H41Cl2F3N8O6. The molecule has 0 aliphatic carbocycles. The Bertz CT molecular complexity index is 1910. The number of benzene rings is 2. The molecule has 0 unspecified atom stereocenters. The number of halogens is 5. The molecule has 1 fully saturated rings. The smallest absolute Gasteiger partial charge is 0.448 e. The summed E-state index contributed by atoms with van der Waals surface area (Å²) >= 11 is 12.6. The number of methoxy groups -OCH3 is 1. The van der Waals surface area contributed by atoms with Crippen LogP contribution >= 0.6 is 23.2 Å². The van der Waals surface area contributed by atoms with Crippen LogP contribution in [0, 0.1) is 0 Å². The zero-order valence-electron chi connectivity index (χ0n) is 30.5. The molecule has 3 heterocycles. The number of rotatable bonds is 9. The van der Waals surface area contributed by atoms with Gasteiger partial charge in [-0.25, -0.2) is 9.59 Å². The van der Waals surface area contributed by atoms with E-state index in [9.17, 15) is 32.3 Å². The molecule has 54 heavy (non-hydrogen) atoms. The molecule has 0 spiro atoms. The number of piperazine rings is 1. The lowest BCUT2D eigenvalue weighted by Crippen LogP contribution is -2.49. The number of fused-ring (bicyclic) bond motifs is 1. The number of para-hydroxylation sites is 1. The van der Waals surface area contributed by atoms with E-state index in [1.807, 2.05) is 11.9 Å². The Labute approximate surface area is 320 Å². The third-order valence-electron chi connectivity index (χ3n) is 9.33. The van der Waals surface area contributed by atoms with Crippen LogP contribution in [0.15, 0.2) is 36.4 Å². The van der Waals surface area contributed by atoms with Crippen molar-refractivity contribution in [3.05, 3.63) is 63.3 Å². The summed E-state index contributed by atoms with van der Waals surface area (Å²) in [5.41, 5.74) is -0.696. The fourth-order valence-corrected chi connectivity index (χ4v) is 7.09. The van der Waals surface area contributed by atoms with Gasteiger partial charge < -0.3 is 34.8 Å². The zero-order valence-corrected chi connectivity index (χ0v) is 32.0. The molecule has 0 bridgehead atoms. The molecule has 2 aliphatic rings. The molecule has 0 saturated carbocycles. The van der Waals surface area contributed by atoms with Crippen molar-refractivity contribution in [2.24, 2.45) is 0 Å². The number of likely N-dealkylation sites (N-methyl/N-ethyl adjacent to an activating group) is 1. The van der Waals surface area contributed by atoms with Crippen molar-refractivity contribution < 1.29 is 41.8 Å². The molecule has 5 rings (SSSR count). The highest BCUT2D eigenvalue weighted by molar-refractivity contribution is 6.39. The molecule has 292 valence electrons. The molecule has 4 amide bonds. The summed E-state index contributed by atoms with van der Waals surface area (Å²) < 4.78 is 53.8. The molecular weight excluding hydrogens is 756 g/mol. The molecule has 0 radical (unpaired) electrons. The first-order valence-corrected chi connectivity index (χ1v) is 17.8. The van der Waals surface area contributed by atoms with Crippen LogP contribution < -0.4 is 20.4 Å². The minimum absolute atomic E-state index is 0.0173. The third kappa shape index (κ3) is 8.09. The van der Waals surface area contributed by atoms with Gasteiger partial charge in [-0.2, -0.15) is 17.9 Å². The number of hydrogen-bond acceptors (Lipinski definition) is 9. The molecule has 3 aromatic rings. The van der Waals surface area contributed by atoms with Crippen LogP contribution in [0.1, 0.15) is 49.3 Å². The van der Waals surface area contributed by atoms with E-state index in [1.165, 1.54) is 31.1 Å². The zero-order chi connectivity index (χ0) is 39.7. The molecule has 2 aliphatic heterocycles. The highest BCUT2D eigenvalue weighted by atomic mass is 35.5. The van der Waals surface area contributed by atoms with Crippen molar-refractivity contribution in [1.82, 2.24) is 19.6 Å². The van der Waals surface area contributed by atoms with Gasteiger partial charge in [0.1, 0.15) is 0 Å². The molecule has 14 nitrogen and oxygen atoms in total. The number of hydrogen-bond donors (Lipinski definition) is 2. The summed E-state index contributed by atoms with van der Waals surface area (Å²) in [7, 11) is 3.24. The molecule has 2 N–H and O–H groups in total. The first-order valence-electron chi connectivity index (χ1n) is 17.0. The standard InChI is InChI=1S/C35H41Cl2F3N8O6/c1-7-54-33(52)48-28-23(18-46(34(28,3)4)32(51)41-27-24(36)9-8-10-25(27)37)29(43-48)42-30(49)22-12-11-21(45-15-13-44(5)14-16-45)17-26(22)47(20(2)19-53-6)31(50)35(38,39)40/h8-12,17,20H,7,13-16,18-19H2,1-6H3,(H,41,51)(H,42,43,49)/t20-/m0/s1. The van der Waals surface area contributed by atoms with Gasteiger partial charge in [-0.05, 0) is 65.1 Å². The monoisotopic (exact) mass is 796 g/mol. The Balaban J connectivity index is 1.58. The van der Waals surface area contributed by atoms with E-state index < -0.39 is 41.7 Å². The average Bonchev–Trinajstić information content (AvgIpc) is 3.61. The number of alkyl halides is 3. The fourth-order valence-electron chi connectivity index (χ4n) is 6.59. The number of nitrogens with one attached hydrogen (secondary N) is 2. The Morgan fingerprint density at radius 1 is 1.04 bits per heavy atom. The largest absolute Gasteiger partial charge is 0.471 e. The van der Waals surface area contributed by atoms with Crippen molar-refractivity contribution in [1.29, 1.82) is 0 Å². The van der Waals surface area contributed by atoms with Crippen molar-refractivity contribution in [2.45, 2.75) is 52.0 Å². The summed E-state index contributed by atoms with van der Waals surface area (Å²) in [4.78, 5) is 60.2. The molecule has 1 atom stereocenters. The van der Waals surface area contributed by atoms with Gasteiger partial charge in [0.15, 0.2) is 5.82 Å².